The van der Waals surface area contributed by atoms with Crippen molar-refractivity contribution in [3.8, 4) is 0 Å². The van der Waals surface area contributed by atoms with E-state index in [9.17, 15) is 9.59 Å². The van der Waals surface area contributed by atoms with Gasteiger partial charge in [0, 0.05) is 25.2 Å². The lowest BCUT2D eigenvalue weighted by Gasteiger charge is -2.35. The molecule has 0 fully saturated rings. The molecule has 0 radical (unpaired) electrons. The van der Waals surface area contributed by atoms with Gasteiger partial charge in [0.25, 0.3) is 0 Å². The van der Waals surface area contributed by atoms with Gasteiger partial charge < -0.3 is 20.2 Å². The normalized spacial score (nSPS) is 11.5. The number of hydrogen-bond acceptors (Lipinski definition) is 3. The molecule has 0 saturated heterocycles. The Bertz CT molecular complexity index is 309. The second kappa shape index (κ2) is 8.79. The Labute approximate surface area is 122 Å². The SMILES string of the molecule is CCN(CC)CCNC(=O)N(CCC(=O)O)C(C)(C)C. The first kappa shape index (κ1) is 18.7. The van der Waals surface area contributed by atoms with E-state index in [1.54, 1.807) is 4.90 Å². The molecule has 0 aliphatic rings. The topological polar surface area (TPSA) is 72.9 Å². The maximum Gasteiger partial charge on any atom is 0.317 e. The zero-order valence-corrected chi connectivity index (χ0v) is 13.4. The minimum Gasteiger partial charge on any atom is -0.481 e. The Morgan fingerprint density at radius 3 is 2.05 bits per heavy atom. The molecule has 0 aromatic heterocycles. The lowest BCUT2D eigenvalue weighted by Crippen LogP contribution is -2.52. The Kier molecular flexibility index (Phi) is 8.22. The molecule has 0 aromatic rings. The molecule has 0 aliphatic carbocycles. The first-order chi connectivity index (χ1) is 9.22. The summed E-state index contributed by atoms with van der Waals surface area (Å²) in [6.45, 7) is 13.4. The van der Waals surface area contributed by atoms with Gasteiger partial charge in [0.05, 0.1) is 6.42 Å². The van der Waals surface area contributed by atoms with Crippen molar-refractivity contribution in [3.05, 3.63) is 0 Å². The van der Waals surface area contributed by atoms with Gasteiger partial charge in [-0.2, -0.15) is 0 Å². The number of nitrogens with one attached hydrogen (secondary N) is 1. The van der Waals surface area contributed by atoms with E-state index >= 15 is 0 Å². The Morgan fingerprint density at radius 2 is 1.65 bits per heavy atom. The summed E-state index contributed by atoms with van der Waals surface area (Å²) in [5.41, 5.74) is -0.394. The molecular weight excluding hydrogens is 258 g/mol. The molecule has 0 heterocycles. The van der Waals surface area contributed by atoms with Gasteiger partial charge in [-0.15, -0.1) is 0 Å². The van der Waals surface area contributed by atoms with E-state index in [0.29, 0.717) is 6.54 Å². The molecule has 6 nitrogen and oxygen atoms in total. The molecule has 2 N–H and O–H groups in total. The van der Waals surface area contributed by atoms with Crippen molar-refractivity contribution in [1.82, 2.24) is 15.1 Å². The molecule has 0 spiro atoms. The van der Waals surface area contributed by atoms with Crippen molar-refractivity contribution < 1.29 is 14.7 Å². The lowest BCUT2D eigenvalue weighted by molar-refractivity contribution is -0.137. The van der Waals surface area contributed by atoms with Crippen LogP contribution in [0.4, 0.5) is 4.79 Å². The van der Waals surface area contributed by atoms with Gasteiger partial charge in [-0.05, 0) is 33.9 Å². The second-order valence-corrected chi connectivity index (χ2v) is 5.73. The first-order valence-corrected chi connectivity index (χ1v) is 7.22. The van der Waals surface area contributed by atoms with Crippen LogP contribution in [-0.2, 0) is 4.79 Å². The van der Waals surface area contributed by atoms with Gasteiger partial charge in [0.15, 0.2) is 0 Å². The highest BCUT2D eigenvalue weighted by molar-refractivity contribution is 5.76. The standard InChI is InChI=1S/C14H29N3O3/c1-6-16(7-2)11-9-15-13(20)17(14(3,4)5)10-8-12(18)19/h6-11H2,1-5H3,(H,15,20)(H,18,19). The van der Waals surface area contributed by atoms with Crippen LogP contribution in [0.15, 0.2) is 0 Å². The zero-order chi connectivity index (χ0) is 15.8. The molecule has 118 valence electrons. The molecule has 0 rings (SSSR count). The number of hydrogen-bond donors (Lipinski definition) is 2. The fourth-order valence-corrected chi connectivity index (χ4v) is 1.91. The number of rotatable bonds is 8. The number of aliphatic carboxylic acids is 1. The van der Waals surface area contributed by atoms with Gasteiger partial charge in [-0.3, -0.25) is 4.79 Å². The molecule has 6 heteroatoms. The molecule has 0 atom stereocenters. The van der Waals surface area contributed by atoms with E-state index in [4.69, 9.17) is 5.11 Å². The maximum absolute atomic E-state index is 12.2. The molecule has 2 amide bonds. The molecule has 0 aliphatic heterocycles. The van der Waals surface area contributed by atoms with Gasteiger partial charge in [-0.25, -0.2) is 4.79 Å². The van der Waals surface area contributed by atoms with Crippen LogP contribution in [0, 0.1) is 0 Å². The van der Waals surface area contributed by atoms with Crippen LogP contribution in [0.2, 0.25) is 0 Å². The zero-order valence-electron chi connectivity index (χ0n) is 13.4. The van der Waals surface area contributed by atoms with Crippen LogP contribution in [0.3, 0.4) is 0 Å². The summed E-state index contributed by atoms with van der Waals surface area (Å²) in [4.78, 5) is 26.6. The maximum atomic E-state index is 12.2. The number of carbonyl (C=O) groups is 2. The Morgan fingerprint density at radius 1 is 1.10 bits per heavy atom. The Balaban J connectivity index is 4.38. The third kappa shape index (κ3) is 7.33. The summed E-state index contributed by atoms with van der Waals surface area (Å²) in [6.07, 6.45) is -0.0409. The molecule has 0 aromatic carbocycles. The summed E-state index contributed by atoms with van der Waals surface area (Å²) in [7, 11) is 0. The molecular formula is C14H29N3O3. The average molecular weight is 287 g/mol. The second-order valence-electron chi connectivity index (χ2n) is 5.73. The molecule has 0 unspecified atom stereocenters. The van der Waals surface area contributed by atoms with Crippen molar-refractivity contribution in [2.75, 3.05) is 32.7 Å². The van der Waals surface area contributed by atoms with Crippen LogP contribution >= 0.6 is 0 Å². The highest BCUT2D eigenvalue weighted by Crippen LogP contribution is 2.13. The molecule has 0 saturated carbocycles. The van der Waals surface area contributed by atoms with E-state index in [0.717, 1.165) is 19.6 Å². The van der Waals surface area contributed by atoms with E-state index in [1.165, 1.54) is 0 Å². The number of carbonyl (C=O) groups excluding carboxylic acids is 1. The lowest BCUT2D eigenvalue weighted by atomic mass is 10.1. The smallest absolute Gasteiger partial charge is 0.317 e. The largest absolute Gasteiger partial charge is 0.481 e. The van der Waals surface area contributed by atoms with Crippen LogP contribution in [0.5, 0.6) is 0 Å². The summed E-state index contributed by atoms with van der Waals surface area (Å²) < 4.78 is 0. The van der Waals surface area contributed by atoms with Crippen molar-refractivity contribution in [2.45, 2.75) is 46.6 Å². The quantitative estimate of drug-likeness (QED) is 0.711. The number of urea groups is 1. The minimum absolute atomic E-state index is 0.0409. The average Bonchev–Trinajstić information content (AvgIpc) is 2.32. The van der Waals surface area contributed by atoms with Crippen LogP contribution in [0.1, 0.15) is 41.0 Å². The van der Waals surface area contributed by atoms with Crippen molar-refractivity contribution in [1.29, 1.82) is 0 Å². The van der Waals surface area contributed by atoms with Gasteiger partial charge in [0.1, 0.15) is 0 Å². The third-order valence-corrected chi connectivity index (χ3v) is 3.20. The fourth-order valence-electron chi connectivity index (χ4n) is 1.91. The van der Waals surface area contributed by atoms with Crippen molar-refractivity contribution in [3.63, 3.8) is 0 Å². The highest BCUT2D eigenvalue weighted by Gasteiger charge is 2.26. The van der Waals surface area contributed by atoms with Crippen LogP contribution in [0.25, 0.3) is 0 Å². The fraction of sp³-hybridized carbons (Fsp3) is 0.857. The van der Waals surface area contributed by atoms with Crippen molar-refractivity contribution in [2.24, 2.45) is 0 Å². The summed E-state index contributed by atoms with van der Waals surface area (Å²) in [5, 5.41) is 11.6. The van der Waals surface area contributed by atoms with E-state index in [1.807, 2.05) is 20.8 Å². The summed E-state index contributed by atoms with van der Waals surface area (Å²) in [5.74, 6) is -0.893. The van der Waals surface area contributed by atoms with Crippen LogP contribution in [-0.4, -0.2) is 65.2 Å². The highest BCUT2D eigenvalue weighted by atomic mass is 16.4. The van der Waals surface area contributed by atoms with E-state index in [-0.39, 0.29) is 19.0 Å². The van der Waals surface area contributed by atoms with E-state index in [2.05, 4.69) is 24.1 Å². The monoisotopic (exact) mass is 287 g/mol. The minimum atomic E-state index is -0.893. The van der Waals surface area contributed by atoms with Gasteiger partial charge >= 0.3 is 12.0 Å². The van der Waals surface area contributed by atoms with Gasteiger partial charge in [0.2, 0.25) is 0 Å². The summed E-state index contributed by atoms with van der Waals surface area (Å²) >= 11 is 0. The van der Waals surface area contributed by atoms with Gasteiger partial charge in [-0.1, -0.05) is 13.8 Å². The number of amides is 2. The number of carboxylic acid groups (broad SMARTS) is 1. The predicted molar refractivity (Wildman–Crippen MR) is 79.9 cm³/mol. The molecule has 0 bridgehead atoms. The third-order valence-electron chi connectivity index (χ3n) is 3.20. The number of carboxylic acids is 1. The van der Waals surface area contributed by atoms with Crippen LogP contribution < -0.4 is 5.32 Å². The first-order valence-electron chi connectivity index (χ1n) is 7.22. The number of likely N-dealkylation sites (N-methyl/N-ethyl adjacent to an activating group) is 1. The summed E-state index contributed by atoms with van der Waals surface area (Å²) in [6, 6.07) is -0.203. The molecule has 20 heavy (non-hydrogen) atoms. The predicted octanol–water partition coefficient (Wildman–Crippen LogP) is 1.61. The van der Waals surface area contributed by atoms with Crippen molar-refractivity contribution >= 4 is 12.0 Å². The number of nitrogens with zero attached hydrogens (tertiary/aromatic N) is 2. The Hall–Kier alpha value is -1.30. The van der Waals surface area contributed by atoms with E-state index < -0.39 is 11.5 Å².